The largest absolute Gasteiger partial charge is 0.496 e. The Balaban J connectivity index is 2.05. The molecule has 1 aromatic rings. The molecule has 2 aliphatic heterocycles. The van der Waals surface area contributed by atoms with Gasteiger partial charge in [0.1, 0.15) is 11.4 Å². The standard InChI is InChI=1S/C21H28N2O5/c1-14-12-22(13-15(2)28-14)19-18(16-8-5-6-9-17(16)27-4)20(24)23(21(19)25)10-7-11-26-3/h5-6,8-9,14-15H,7,10-13H2,1-4H3. The third-order valence-corrected chi connectivity index (χ3v) is 4.99. The number of amides is 2. The lowest BCUT2D eigenvalue weighted by Gasteiger charge is -2.37. The molecular weight excluding hydrogens is 360 g/mol. The van der Waals surface area contributed by atoms with Gasteiger partial charge in [0.15, 0.2) is 0 Å². The second kappa shape index (κ2) is 8.75. The van der Waals surface area contributed by atoms with Crippen molar-refractivity contribution in [3.63, 3.8) is 0 Å². The Bertz CT molecular complexity index is 766. The molecule has 0 saturated carbocycles. The molecule has 3 rings (SSSR count). The SMILES string of the molecule is COCCCN1C(=O)C(c2ccccc2OC)=C(N2CC(C)OC(C)C2)C1=O. The van der Waals surface area contributed by atoms with Crippen LogP contribution in [0, 0.1) is 0 Å². The number of rotatable bonds is 7. The first kappa shape index (κ1) is 20.4. The van der Waals surface area contributed by atoms with Crippen LogP contribution in [0.15, 0.2) is 30.0 Å². The predicted molar refractivity (Wildman–Crippen MR) is 105 cm³/mol. The van der Waals surface area contributed by atoms with Gasteiger partial charge in [0.05, 0.1) is 24.9 Å². The molecule has 0 bridgehead atoms. The van der Waals surface area contributed by atoms with Crippen LogP contribution in [0.5, 0.6) is 5.75 Å². The number of ether oxygens (including phenoxy) is 3. The molecule has 2 unspecified atom stereocenters. The highest BCUT2D eigenvalue weighted by Crippen LogP contribution is 2.37. The Kier molecular flexibility index (Phi) is 6.36. The molecule has 0 N–H and O–H groups in total. The number of benzene rings is 1. The van der Waals surface area contributed by atoms with Gasteiger partial charge in [0, 0.05) is 38.9 Å². The van der Waals surface area contributed by atoms with Crippen molar-refractivity contribution >= 4 is 17.4 Å². The second-order valence-electron chi connectivity index (χ2n) is 7.19. The van der Waals surface area contributed by atoms with Crippen molar-refractivity contribution in [1.82, 2.24) is 9.80 Å². The topological polar surface area (TPSA) is 68.3 Å². The third kappa shape index (κ3) is 3.91. The zero-order valence-corrected chi connectivity index (χ0v) is 16.9. The minimum absolute atomic E-state index is 0.0272. The molecule has 2 atom stereocenters. The first-order chi connectivity index (χ1) is 13.5. The van der Waals surface area contributed by atoms with Crippen LogP contribution in [0.2, 0.25) is 0 Å². The molecule has 0 aliphatic carbocycles. The van der Waals surface area contributed by atoms with E-state index in [1.54, 1.807) is 20.3 Å². The molecular formula is C21H28N2O5. The Hall–Kier alpha value is -2.38. The highest BCUT2D eigenvalue weighted by molar-refractivity contribution is 6.36. The van der Waals surface area contributed by atoms with E-state index in [2.05, 4.69) is 0 Å². The molecule has 7 heteroatoms. The molecule has 2 aliphatic rings. The van der Waals surface area contributed by atoms with E-state index < -0.39 is 0 Å². The number of para-hydroxylation sites is 1. The molecule has 2 amide bonds. The highest BCUT2D eigenvalue weighted by atomic mass is 16.5. The maximum absolute atomic E-state index is 13.3. The van der Waals surface area contributed by atoms with Gasteiger partial charge in [-0.05, 0) is 26.3 Å². The van der Waals surface area contributed by atoms with Gasteiger partial charge in [-0.1, -0.05) is 18.2 Å². The van der Waals surface area contributed by atoms with E-state index in [1.807, 2.05) is 36.9 Å². The Morgan fingerprint density at radius 2 is 1.75 bits per heavy atom. The zero-order chi connectivity index (χ0) is 20.3. The average molecular weight is 388 g/mol. The minimum Gasteiger partial charge on any atom is -0.496 e. The van der Waals surface area contributed by atoms with Crippen LogP contribution < -0.4 is 4.74 Å². The van der Waals surface area contributed by atoms with Gasteiger partial charge in [-0.2, -0.15) is 0 Å². The lowest BCUT2D eigenvalue weighted by Crippen LogP contribution is -2.47. The van der Waals surface area contributed by atoms with E-state index in [0.29, 0.717) is 55.2 Å². The van der Waals surface area contributed by atoms with Crippen molar-refractivity contribution in [3.8, 4) is 5.75 Å². The summed E-state index contributed by atoms with van der Waals surface area (Å²) in [4.78, 5) is 29.9. The summed E-state index contributed by atoms with van der Waals surface area (Å²) in [6, 6.07) is 7.32. The molecule has 0 spiro atoms. The van der Waals surface area contributed by atoms with Crippen LogP contribution in [-0.4, -0.2) is 74.3 Å². The van der Waals surface area contributed by atoms with E-state index in [9.17, 15) is 9.59 Å². The van der Waals surface area contributed by atoms with Crippen LogP contribution in [0.1, 0.15) is 25.8 Å². The summed E-state index contributed by atoms with van der Waals surface area (Å²) in [7, 11) is 3.17. The predicted octanol–water partition coefficient (Wildman–Crippen LogP) is 1.92. The van der Waals surface area contributed by atoms with Crippen molar-refractivity contribution < 1.29 is 23.8 Å². The molecule has 1 saturated heterocycles. The molecule has 28 heavy (non-hydrogen) atoms. The van der Waals surface area contributed by atoms with Crippen LogP contribution in [0.3, 0.4) is 0 Å². The fourth-order valence-corrected chi connectivity index (χ4v) is 3.88. The summed E-state index contributed by atoms with van der Waals surface area (Å²) in [5.74, 6) is 0.0277. The number of nitrogens with zero attached hydrogens (tertiary/aromatic N) is 2. The normalized spacial score (nSPS) is 23.0. The molecule has 1 fully saturated rings. The van der Waals surface area contributed by atoms with Gasteiger partial charge in [-0.3, -0.25) is 14.5 Å². The van der Waals surface area contributed by atoms with Gasteiger partial charge < -0.3 is 19.1 Å². The first-order valence-corrected chi connectivity index (χ1v) is 9.61. The summed E-state index contributed by atoms with van der Waals surface area (Å²) < 4.78 is 16.4. The van der Waals surface area contributed by atoms with Gasteiger partial charge >= 0.3 is 0 Å². The van der Waals surface area contributed by atoms with E-state index in [-0.39, 0.29) is 24.0 Å². The zero-order valence-electron chi connectivity index (χ0n) is 16.9. The van der Waals surface area contributed by atoms with Crippen LogP contribution in [-0.2, 0) is 19.1 Å². The van der Waals surface area contributed by atoms with Crippen molar-refractivity contribution in [2.75, 3.05) is 40.5 Å². The minimum atomic E-state index is -0.285. The lowest BCUT2D eigenvalue weighted by atomic mass is 10.0. The average Bonchev–Trinajstić information content (AvgIpc) is 2.91. The van der Waals surface area contributed by atoms with E-state index in [4.69, 9.17) is 14.2 Å². The van der Waals surface area contributed by atoms with Gasteiger partial charge in [-0.15, -0.1) is 0 Å². The maximum Gasteiger partial charge on any atom is 0.277 e. The first-order valence-electron chi connectivity index (χ1n) is 9.61. The van der Waals surface area contributed by atoms with Crippen molar-refractivity contribution in [2.45, 2.75) is 32.5 Å². The monoisotopic (exact) mass is 388 g/mol. The van der Waals surface area contributed by atoms with Gasteiger partial charge in [0.25, 0.3) is 11.8 Å². The Morgan fingerprint density at radius 3 is 2.39 bits per heavy atom. The number of morpholine rings is 1. The van der Waals surface area contributed by atoms with E-state index >= 15 is 0 Å². The van der Waals surface area contributed by atoms with Gasteiger partial charge in [0.2, 0.25) is 0 Å². The van der Waals surface area contributed by atoms with Crippen LogP contribution in [0.4, 0.5) is 0 Å². The summed E-state index contributed by atoms with van der Waals surface area (Å²) in [6.45, 7) is 5.88. The molecule has 0 radical (unpaired) electrons. The van der Waals surface area contributed by atoms with Crippen molar-refractivity contribution in [1.29, 1.82) is 0 Å². The number of methoxy groups -OCH3 is 2. The molecule has 7 nitrogen and oxygen atoms in total. The van der Waals surface area contributed by atoms with Crippen LogP contribution in [0.25, 0.3) is 5.57 Å². The lowest BCUT2D eigenvalue weighted by molar-refractivity contribution is -0.138. The van der Waals surface area contributed by atoms with Crippen LogP contribution >= 0.6 is 0 Å². The van der Waals surface area contributed by atoms with Gasteiger partial charge in [-0.25, -0.2) is 0 Å². The quantitative estimate of drug-likeness (QED) is 0.525. The smallest absolute Gasteiger partial charge is 0.277 e. The number of carbonyl (C=O) groups is 2. The summed E-state index contributed by atoms with van der Waals surface area (Å²) in [6.07, 6.45) is 0.539. The molecule has 0 aromatic heterocycles. The maximum atomic E-state index is 13.3. The summed E-state index contributed by atoms with van der Waals surface area (Å²) in [5.41, 5.74) is 1.48. The Labute approximate surface area is 165 Å². The molecule has 152 valence electrons. The van der Waals surface area contributed by atoms with Crippen molar-refractivity contribution in [3.05, 3.63) is 35.5 Å². The third-order valence-electron chi connectivity index (χ3n) is 4.99. The van der Waals surface area contributed by atoms with E-state index in [0.717, 1.165) is 0 Å². The number of hydrogen-bond acceptors (Lipinski definition) is 6. The highest BCUT2D eigenvalue weighted by Gasteiger charge is 2.43. The second-order valence-corrected chi connectivity index (χ2v) is 7.19. The number of carbonyl (C=O) groups excluding carboxylic acids is 2. The molecule has 2 heterocycles. The fourth-order valence-electron chi connectivity index (χ4n) is 3.88. The van der Waals surface area contributed by atoms with E-state index in [1.165, 1.54) is 4.90 Å². The Morgan fingerprint density at radius 1 is 1.07 bits per heavy atom. The summed E-state index contributed by atoms with van der Waals surface area (Å²) >= 11 is 0. The number of hydrogen-bond donors (Lipinski definition) is 0. The fraction of sp³-hybridized carbons (Fsp3) is 0.524. The van der Waals surface area contributed by atoms with Crippen molar-refractivity contribution in [2.24, 2.45) is 0 Å². The summed E-state index contributed by atoms with van der Waals surface area (Å²) in [5, 5.41) is 0. The number of imide groups is 1. The molecule has 1 aromatic carbocycles.